The van der Waals surface area contributed by atoms with E-state index in [9.17, 15) is 0 Å². The molecule has 1 heterocycles. The number of hydrogen-bond donors (Lipinski definition) is 1. The van der Waals surface area contributed by atoms with Crippen molar-refractivity contribution in [3.8, 4) is 17.8 Å². The molecule has 0 spiro atoms. The van der Waals surface area contributed by atoms with E-state index in [0.29, 0.717) is 5.56 Å². The third-order valence-electron chi connectivity index (χ3n) is 1.61. The zero-order chi connectivity index (χ0) is 11.3. The fourth-order valence-corrected chi connectivity index (χ4v) is 0.981. The zero-order valence-electron chi connectivity index (χ0n) is 8.59. The van der Waals surface area contributed by atoms with Crippen molar-refractivity contribution in [2.24, 2.45) is 5.16 Å². The number of nitrogens with zero attached hydrogens (tertiary/aromatic N) is 3. The molecule has 0 radical (unpaired) electrons. The van der Waals surface area contributed by atoms with Crippen LogP contribution in [0, 0.1) is 0 Å². The molecule has 0 aliphatic carbocycles. The van der Waals surface area contributed by atoms with Gasteiger partial charge in [-0.1, -0.05) is 5.16 Å². The van der Waals surface area contributed by atoms with Crippen molar-refractivity contribution in [2.75, 3.05) is 21.3 Å². The number of oxime groups is 1. The minimum atomic E-state index is 0.110. The molecule has 82 valence electrons. The predicted octanol–water partition coefficient (Wildman–Crippen LogP) is 0.310. The summed E-state index contributed by atoms with van der Waals surface area (Å²) < 4.78 is 14.8. The molecular weight excluding hydrogens is 202 g/mol. The predicted molar refractivity (Wildman–Crippen MR) is 51.1 cm³/mol. The second kappa shape index (κ2) is 4.99. The van der Waals surface area contributed by atoms with Crippen molar-refractivity contribution in [2.45, 2.75) is 0 Å². The van der Waals surface area contributed by atoms with Crippen molar-refractivity contribution >= 4 is 6.21 Å². The Morgan fingerprint density at radius 2 is 1.60 bits per heavy atom. The topological polar surface area (TPSA) is 86.1 Å². The Morgan fingerprint density at radius 1 is 1.07 bits per heavy atom. The van der Waals surface area contributed by atoms with Gasteiger partial charge in [-0.05, 0) is 0 Å². The highest BCUT2D eigenvalue weighted by molar-refractivity contribution is 5.85. The van der Waals surface area contributed by atoms with Gasteiger partial charge in [0.2, 0.25) is 11.8 Å². The maximum Gasteiger partial charge on any atom is 0.322 e. The highest BCUT2D eigenvalue weighted by Crippen LogP contribution is 2.25. The molecule has 0 fully saturated rings. The fourth-order valence-electron chi connectivity index (χ4n) is 0.981. The summed E-state index contributed by atoms with van der Waals surface area (Å²) in [6.07, 6.45) is 1.12. The first kappa shape index (κ1) is 11.0. The fraction of sp³-hybridized carbons (Fsp3) is 0.375. The molecule has 1 N–H and O–H groups in total. The van der Waals surface area contributed by atoms with Crippen LogP contribution >= 0.6 is 0 Å². The summed E-state index contributed by atoms with van der Waals surface area (Å²) >= 11 is 0. The molecule has 1 aromatic heterocycles. The van der Waals surface area contributed by atoms with Crippen LogP contribution < -0.4 is 14.2 Å². The van der Waals surface area contributed by atoms with E-state index >= 15 is 0 Å². The normalized spacial score (nSPS) is 10.3. The zero-order valence-corrected chi connectivity index (χ0v) is 8.59. The Labute approximate surface area is 86.3 Å². The number of methoxy groups -OCH3 is 3. The summed E-state index contributed by atoms with van der Waals surface area (Å²) in [5, 5.41) is 11.3. The van der Waals surface area contributed by atoms with Crippen molar-refractivity contribution < 1.29 is 19.4 Å². The minimum absolute atomic E-state index is 0.110. The Balaban J connectivity index is 3.32. The number of ether oxygens (including phenoxy) is 3. The summed E-state index contributed by atoms with van der Waals surface area (Å²) in [6.45, 7) is 0. The lowest BCUT2D eigenvalue weighted by Crippen LogP contribution is -2.03. The molecule has 1 aromatic rings. The van der Waals surface area contributed by atoms with E-state index in [0.717, 1.165) is 6.21 Å². The van der Waals surface area contributed by atoms with E-state index in [1.165, 1.54) is 21.3 Å². The lowest BCUT2D eigenvalue weighted by Gasteiger charge is -2.08. The van der Waals surface area contributed by atoms with E-state index in [2.05, 4.69) is 15.1 Å². The van der Waals surface area contributed by atoms with Crippen LogP contribution in [-0.4, -0.2) is 42.7 Å². The average molecular weight is 213 g/mol. The molecule has 0 amide bonds. The van der Waals surface area contributed by atoms with E-state index in [1.54, 1.807) is 0 Å². The molecule has 0 aromatic carbocycles. The maximum atomic E-state index is 8.46. The van der Waals surface area contributed by atoms with Crippen molar-refractivity contribution in [1.82, 2.24) is 9.97 Å². The molecular formula is C8H11N3O4. The molecule has 0 saturated carbocycles. The van der Waals surface area contributed by atoms with Crippen LogP contribution in [0.4, 0.5) is 0 Å². The van der Waals surface area contributed by atoms with Crippen molar-refractivity contribution in [3.63, 3.8) is 0 Å². The summed E-state index contributed by atoms with van der Waals surface area (Å²) in [7, 11) is 4.28. The summed E-state index contributed by atoms with van der Waals surface area (Å²) in [4.78, 5) is 7.80. The van der Waals surface area contributed by atoms with Crippen molar-refractivity contribution in [3.05, 3.63) is 5.56 Å². The van der Waals surface area contributed by atoms with Gasteiger partial charge in [0.25, 0.3) is 0 Å². The lowest BCUT2D eigenvalue weighted by atomic mass is 10.3. The monoisotopic (exact) mass is 213 g/mol. The molecule has 0 bridgehead atoms. The quantitative estimate of drug-likeness (QED) is 0.440. The van der Waals surface area contributed by atoms with Crippen LogP contribution in [0.5, 0.6) is 17.8 Å². The smallest absolute Gasteiger partial charge is 0.322 e. The summed E-state index contributed by atoms with van der Waals surface area (Å²) in [5.74, 6) is 0.410. The third kappa shape index (κ3) is 2.25. The van der Waals surface area contributed by atoms with Gasteiger partial charge in [-0.15, -0.1) is 0 Å². The SMILES string of the molecule is COc1nc(OC)c(/C=N/O)c(OC)n1. The maximum absolute atomic E-state index is 8.46. The number of hydrogen-bond acceptors (Lipinski definition) is 7. The van der Waals surface area contributed by atoms with E-state index in [4.69, 9.17) is 19.4 Å². The Bertz CT molecular complexity index is 342. The Kier molecular flexibility index (Phi) is 3.67. The molecule has 0 aliphatic rings. The number of rotatable bonds is 4. The van der Waals surface area contributed by atoms with Crippen LogP contribution in [0.15, 0.2) is 5.16 Å². The van der Waals surface area contributed by atoms with Gasteiger partial charge in [-0.2, -0.15) is 9.97 Å². The van der Waals surface area contributed by atoms with Gasteiger partial charge in [-0.25, -0.2) is 0 Å². The standard InChI is InChI=1S/C8H11N3O4/c1-13-6-5(4-9-12)7(14-2)11-8(10-6)15-3/h4,12H,1-3H3/b9-4+. The van der Waals surface area contributed by atoms with E-state index in [-0.39, 0.29) is 17.8 Å². The molecule has 0 unspecified atom stereocenters. The second-order valence-electron chi connectivity index (χ2n) is 2.39. The van der Waals surface area contributed by atoms with Crippen molar-refractivity contribution in [1.29, 1.82) is 0 Å². The van der Waals surface area contributed by atoms with E-state index < -0.39 is 0 Å². The van der Waals surface area contributed by atoms with Crippen LogP contribution in [0.2, 0.25) is 0 Å². The highest BCUT2D eigenvalue weighted by Gasteiger charge is 2.14. The highest BCUT2D eigenvalue weighted by atomic mass is 16.5. The Morgan fingerprint density at radius 3 is 1.93 bits per heavy atom. The number of aromatic nitrogens is 2. The summed E-state index contributed by atoms with van der Waals surface area (Å²) in [6, 6.07) is 0.110. The van der Waals surface area contributed by atoms with Gasteiger partial charge < -0.3 is 19.4 Å². The largest absolute Gasteiger partial charge is 0.480 e. The molecule has 0 aliphatic heterocycles. The lowest BCUT2D eigenvalue weighted by molar-refractivity contribution is 0.317. The van der Waals surface area contributed by atoms with Gasteiger partial charge in [0.15, 0.2) is 0 Å². The average Bonchev–Trinajstić information content (AvgIpc) is 2.29. The minimum Gasteiger partial charge on any atom is -0.480 e. The molecule has 0 saturated heterocycles. The first-order chi connectivity index (χ1) is 7.26. The molecule has 0 atom stereocenters. The van der Waals surface area contributed by atoms with Crippen LogP contribution in [0.3, 0.4) is 0 Å². The first-order valence-electron chi connectivity index (χ1n) is 3.98. The first-order valence-corrected chi connectivity index (χ1v) is 3.98. The molecule has 7 nitrogen and oxygen atoms in total. The molecule has 1 rings (SSSR count). The van der Waals surface area contributed by atoms with Crippen LogP contribution in [-0.2, 0) is 0 Å². The van der Waals surface area contributed by atoms with Gasteiger partial charge in [0.05, 0.1) is 27.5 Å². The Hall–Kier alpha value is -2.05. The van der Waals surface area contributed by atoms with Crippen LogP contribution in [0.25, 0.3) is 0 Å². The third-order valence-corrected chi connectivity index (χ3v) is 1.61. The van der Waals surface area contributed by atoms with Crippen LogP contribution in [0.1, 0.15) is 5.56 Å². The molecule has 15 heavy (non-hydrogen) atoms. The van der Waals surface area contributed by atoms with Gasteiger partial charge in [-0.3, -0.25) is 0 Å². The summed E-state index contributed by atoms with van der Waals surface area (Å²) in [5.41, 5.74) is 0.336. The molecule has 7 heteroatoms. The van der Waals surface area contributed by atoms with Gasteiger partial charge in [0.1, 0.15) is 5.56 Å². The van der Waals surface area contributed by atoms with Gasteiger partial charge in [0, 0.05) is 0 Å². The van der Waals surface area contributed by atoms with Gasteiger partial charge >= 0.3 is 6.01 Å². The van der Waals surface area contributed by atoms with E-state index in [1.807, 2.05) is 0 Å². The second-order valence-corrected chi connectivity index (χ2v) is 2.39.